The van der Waals surface area contributed by atoms with Crippen molar-refractivity contribution in [2.75, 3.05) is 6.54 Å². The first-order valence-corrected chi connectivity index (χ1v) is 6.17. The van der Waals surface area contributed by atoms with Crippen molar-refractivity contribution < 1.29 is 14.7 Å². The highest BCUT2D eigenvalue weighted by Crippen LogP contribution is 2.17. The van der Waals surface area contributed by atoms with Crippen molar-refractivity contribution in [3.05, 3.63) is 0 Å². The van der Waals surface area contributed by atoms with E-state index < -0.39 is 23.6 Å². The average Bonchev–Trinajstić information content (AvgIpc) is 2.53. The third kappa shape index (κ3) is 3.66. The highest BCUT2D eigenvalue weighted by molar-refractivity contribution is 5.83. The zero-order chi connectivity index (χ0) is 13.8. The number of carbonyl (C=O) groups excluding carboxylic acids is 1. The summed E-state index contributed by atoms with van der Waals surface area (Å²) in [6.45, 7) is 3.88. The van der Waals surface area contributed by atoms with Crippen LogP contribution in [0.5, 0.6) is 0 Å². The van der Waals surface area contributed by atoms with Crippen LogP contribution in [0.3, 0.4) is 0 Å². The van der Waals surface area contributed by atoms with Crippen LogP contribution in [0.1, 0.15) is 39.5 Å². The molecule has 2 amide bonds. The smallest absolute Gasteiger partial charge is 0.326 e. The minimum atomic E-state index is -0.953. The van der Waals surface area contributed by atoms with Crippen molar-refractivity contribution in [3.63, 3.8) is 0 Å². The minimum absolute atomic E-state index is 0.396. The van der Waals surface area contributed by atoms with Crippen LogP contribution in [0, 0.1) is 12.3 Å². The third-order valence-corrected chi connectivity index (χ3v) is 3.08. The lowest BCUT2D eigenvalue weighted by Gasteiger charge is -2.30. The lowest BCUT2D eigenvalue weighted by molar-refractivity contribution is -0.142. The van der Waals surface area contributed by atoms with Gasteiger partial charge in [0.25, 0.3) is 0 Å². The maximum atomic E-state index is 12.1. The molecular weight excluding hydrogens is 232 g/mol. The highest BCUT2D eigenvalue weighted by Gasteiger charge is 2.32. The van der Waals surface area contributed by atoms with Gasteiger partial charge in [-0.2, -0.15) is 0 Å². The second kappa shape index (κ2) is 5.76. The van der Waals surface area contributed by atoms with Crippen molar-refractivity contribution in [3.8, 4) is 12.3 Å². The second-order valence-corrected chi connectivity index (χ2v) is 5.10. The number of nitrogens with zero attached hydrogens (tertiary/aromatic N) is 1. The SMILES string of the molecule is C#CC(C)(C)NC(=O)N1CCCCCC1C(=O)O. The van der Waals surface area contributed by atoms with E-state index >= 15 is 0 Å². The monoisotopic (exact) mass is 252 g/mol. The van der Waals surface area contributed by atoms with Gasteiger partial charge in [-0.1, -0.05) is 18.8 Å². The molecule has 100 valence electrons. The summed E-state index contributed by atoms with van der Waals surface area (Å²) in [6.07, 6.45) is 8.42. The number of amides is 2. The third-order valence-electron chi connectivity index (χ3n) is 3.08. The number of likely N-dealkylation sites (tertiary alicyclic amines) is 1. The molecule has 0 aromatic rings. The van der Waals surface area contributed by atoms with Gasteiger partial charge in [-0.15, -0.1) is 6.42 Å². The fourth-order valence-corrected chi connectivity index (χ4v) is 1.98. The molecule has 1 saturated heterocycles. The van der Waals surface area contributed by atoms with Gasteiger partial charge in [0.2, 0.25) is 0 Å². The lowest BCUT2D eigenvalue weighted by atomic mass is 10.1. The topological polar surface area (TPSA) is 69.6 Å². The predicted octanol–water partition coefficient (Wildman–Crippen LogP) is 1.44. The van der Waals surface area contributed by atoms with Gasteiger partial charge in [-0.3, -0.25) is 0 Å². The number of urea groups is 1. The van der Waals surface area contributed by atoms with Crippen LogP contribution >= 0.6 is 0 Å². The molecule has 0 spiro atoms. The zero-order valence-corrected chi connectivity index (χ0v) is 10.9. The molecular formula is C13H20N2O3. The molecule has 0 aromatic heterocycles. The van der Waals surface area contributed by atoms with E-state index in [9.17, 15) is 14.7 Å². The van der Waals surface area contributed by atoms with E-state index in [1.54, 1.807) is 13.8 Å². The van der Waals surface area contributed by atoms with Crippen LogP contribution in [-0.4, -0.2) is 40.1 Å². The highest BCUT2D eigenvalue weighted by atomic mass is 16.4. The number of terminal acetylenes is 1. The van der Waals surface area contributed by atoms with E-state index in [0.717, 1.165) is 19.3 Å². The standard InChI is InChI=1S/C13H20N2O3/c1-4-13(2,3)14-12(18)15-9-7-5-6-8-10(15)11(16)17/h1,10H,5-9H2,2-3H3,(H,14,18)(H,16,17). The quantitative estimate of drug-likeness (QED) is 0.731. The van der Waals surface area contributed by atoms with Crippen LogP contribution < -0.4 is 5.32 Å². The first kappa shape index (κ1) is 14.4. The Labute approximate surface area is 108 Å². The molecule has 18 heavy (non-hydrogen) atoms. The number of hydrogen-bond acceptors (Lipinski definition) is 2. The Bertz CT molecular complexity index is 371. The minimum Gasteiger partial charge on any atom is -0.480 e. The van der Waals surface area contributed by atoms with Gasteiger partial charge >= 0.3 is 12.0 Å². The molecule has 5 nitrogen and oxygen atoms in total. The van der Waals surface area contributed by atoms with E-state index in [1.165, 1.54) is 4.90 Å². The lowest BCUT2D eigenvalue weighted by Crippen LogP contribution is -2.54. The Hall–Kier alpha value is -1.70. The number of carboxylic acids is 1. The Balaban J connectivity index is 2.80. The van der Waals surface area contributed by atoms with Crippen LogP contribution in [0.15, 0.2) is 0 Å². The number of carbonyl (C=O) groups is 2. The van der Waals surface area contributed by atoms with Gasteiger partial charge < -0.3 is 15.3 Å². The molecule has 1 atom stereocenters. The summed E-state index contributed by atoms with van der Waals surface area (Å²) in [5.74, 6) is 1.51. The molecule has 0 bridgehead atoms. The molecule has 5 heteroatoms. The molecule has 1 unspecified atom stereocenters. The molecule has 0 radical (unpaired) electrons. The van der Waals surface area contributed by atoms with Gasteiger partial charge in [0.15, 0.2) is 0 Å². The summed E-state index contributed by atoms with van der Waals surface area (Å²) < 4.78 is 0. The summed E-state index contributed by atoms with van der Waals surface area (Å²) in [6, 6.07) is -1.15. The number of carboxylic acid groups (broad SMARTS) is 1. The molecule has 0 aliphatic carbocycles. The van der Waals surface area contributed by atoms with Gasteiger partial charge in [-0.25, -0.2) is 9.59 Å². The van der Waals surface area contributed by atoms with Crippen LogP contribution in [0.2, 0.25) is 0 Å². The van der Waals surface area contributed by atoms with E-state index in [2.05, 4.69) is 11.2 Å². The number of rotatable bonds is 2. The summed E-state index contributed by atoms with van der Waals surface area (Å²) in [5.41, 5.74) is -0.771. The number of hydrogen-bond donors (Lipinski definition) is 2. The van der Waals surface area contributed by atoms with E-state index in [4.69, 9.17) is 6.42 Å². The summed E-state index contributed by atoms with van der Waals surface area (Å²) >= 11 is 0. The molecule has 1 aliphatic heterocycles. The summed E-state index contributed by atoms with van der Waals surface area (Å²) in [5, 5.41) is 11.9. The zero-order valence-electron chi connectivity index (χ0n) is 10.9. The first-order valence-electron chi connectivity index (χ1n) is 6.17. The van der Waals surface area contributed by atoms with Crippen molar-refractivity contribution in [1.29, 1.82) is 0 Å². The van der Waals surface area contributed by atoms with Crippen molar-refractivity contribution >= 4 is 12.0 Å². The second-order valence-electron chi connectivity index (χ2n) is 5.10. The van der Waals surface area contributed by atoms with Gasteiger partial charge in [-0.05, 0) is 26.7 Å². The van der Waals surface area contributed by atoms with Gasteiger partial charge in [0, 0.05) is 6.54 Å². The predicted molar refractivity (Wildman–Crippen MR) is 68.0 cm³/mol. The maximum Gasteiger partial charge on any atom is 0.326 e. The molecule has 0 saturated carbocycles. The van der Waals surface area contributed by atoms with E-state index in [-0.39, 0.29) is 0 Å². The molecule has 1 aliphatic rings. The van der Waals surface area contributed by atoms with Crippen molar-refractivity contribution in [1.82, 2.24) is 10.2 Å². The van der Waals surface area contributed by atoms with Crippen LogP contribution in [0.25, 0.3) is 0 Å². The summed E-state index contributed by atoms with van der Waals surface area (Å²) in [4.78, 5) is 24.7. The van der Waals surface area contributed by atoms with E-state index in [1.807, 2.05) is 0 Å². The Kier molecular flexibility index (Phi) is 4.60. The van der Waals surface area contributed by atoms with Crippen LogP contribution in [0.4, 0.5) is 4.79 Å². The Morgan fingerprint density at radius 3 is 2.61 bits per heavy atom. The fourth-order valence-electron chi connectivity index (χ4n) is 1.98. The molecule has 0 aromatic carbocycles. The normalized spacial score (nSPS) is 20.7. The Morgan fingerprint density at radius 1 is 1.39 bits per heavy atom. The van der Waals surface area contributed by atoms with Gasteiger partial charge in [0.05, 0.1) is 5.54 Å². The first-order chi connectivity index (χ1) is 8.37. The number of nitrogens with one attached hydrogen (secondary N) is 1. The summed E-state index contributed by atoms with van der Waals surface area (Å²) in [7, 11) is 0. The van der Waals surface area contributed by atoms with Crippen LogP contribution in [-0.2, 0) is 4.79 Å². The number of aliphatic carboxylic acids is 1. The van der Waals surface area contributed by atoms with Gasteiger partial charge in [0.1, 0.15) is 6.04 Å². The largest absolute Gasteiger partial charge is 0.480 e. The molecule has 1 heterocycles. The average molecular weight is 252 g/mol. The molecule has 2 N–H and O–H groups in total. The molecule has 1 fully saturated rings. The fraction of sp³-hybridized carbons (Fsp3) is 0.692. The van der Waals surface area contributed by atoms with Crippen molar-refractivity contribution in [2.45, 2.75) is 51.1 Å². The van der Waals surface area contributed by atoms with E-state index in [0.29, 0.717) is 13.0 Å². The maximum absolute atomic E-state index is 12.1. The van der Waals surface area contributed by atoms with Crippen molar-refractivity contribution in [2.24, 2.45) is 0 Å². The molecule has 1 rings (SSSR count). The Morgan fingerprint density at radius 2 is 2.06 bits per heavy atom.